The highest BCUT2D eigenvalue weighted by molar-refractivity contribution is 8.01. The summed E-state index contributed by atoms with van der Waals surface area (Å²) in [4.78, 5) is 42.1. The number of nitrogens with one attached hydrogen (secondary N) is 2. The van der Waals surface area contributed by atoms with Crippen LogP contribution < -0.4 is 16.4 Å². The first-order valence-electron chi connectivity index (χ1n) is 10.8. The van der Waals surface area contributed by atoms with Crippen LogP contribution in [0, 0.1) is 0 Å². The maximum atomic E-state index is 12.5. The molecule has 180 valence electrons. The Bertz CT molecular complexity index is 1120. The summed E-state index contributed by atoms with van der Waals surface area (Å²) in [5, 5.41) is 14.5. The number of carbonyl (C=O) groups is 3. The second-order valence-corrected chi connectivity index (χ2v) is 9.82. The zero-order valence-electron chi connectivity index (χ0n) is 18.9. The van der Waals surface area contributed by atoms with Gasteiger partial charge in [0.05, 0.1) is 27.1 Å². The van der Waals surface area contributed by atoms with Crippen molar-refractivity contribution >= 4 is 51.3 Å². The van der Waals surface area contributed by atoms with Gasteiger partial charge in [-0.25, -0.2) is 19.4 Å². The third-order valence-electron chi connectivity index (χ3n) is 5.10. The van der Waals surface area contributed by atoms with Gasteiger partial charge in [0, 0.05) is 19.6 Å². The van der Waals surface area contributed by atoms with E-state index in [1.165, 1.54) is 35.2 Å². The number of hydrogen-bond acceptors (Lipinski definition) is 6. The van der Waals surface area contributed by atoms with E-state index in [0.717, 1.165) is 20.1 Å². The first kappa shape index (κ1) is 25.3. The summed E-state index contributed by atoms with van der Waals surface area (Å²) in [6.07, 6.45) is 0. The molecule has 11 heteroatoms. The molecule has 0 saturated heterocycles. The second-order valence-electron chi connectivity index (χ2n) is 7.40. The van der Waals surface area contributed by atoms with Gasteiger partial charge in [0.1, 0.15) is 0 Å². The summed E-state index contributed by atoms with van der Waals surface area (Å²) >= 11 is 2.97. The summed E-state index contributed by atoms with van der Waals surface area (Å²) in [6.45, 7) is 4.80. The van der Waals surface area contributed by atoms with Crippen molar-refractivity contribution in [3.8, 4) is 0 Å². The van der Waals surface area contributed by atoms with E-state index in [-0.39, 0.29) is 23.4 Å². The number of thiazole rings is 1. The van der Waals surface area contributed by atoms with Crippen LogP contribution in [0.4, 0.5) is 9.59 Å². The lowest BCUT2D eigenvalue weighted by atomic mass is 10.0. The van der Waals surface area contributed by atoms with Crippen molar-refractivity contribution in [1.82, 2.24) is 20.5 Å². The van der Waals surface area contributed by atoms with Gasteiger partial charge < -0.3 is 26.4 Å². The van der Waals surface area contributed by atoms with E-state index in [1.54, 1.807) is 17.0 Å². The molecule has 0 bridgehead atoms. The van der Waals surface area contributed by atoms with Gasteiger partial charge in [-0.2, -0.15) is 0 Å². The third kappa shape index (κ3) is 6.39. The van der Waals surface area contributed by atoms with Crippen LogP contribution in [0.15, 0.2) is 52.9 Å². The average Bonchev–Trinajstić information content (AvgIpc) is 3.23. The largest absolute Gasteiger partial charge is 0.478 e. The standard InChI is InChI=1S/C23H27N5O4S2/c1-3-25-22(32)28(4-2)13-17(26-21(24)31)19(14-9-11-15(12-10-14)20(29)30)34-23-27-16-7-5-6-8-18(16)33-23/h5-12,17,19H,3-4,13H2,1-2H3,(H,25,32)(H,29,30)(H3,24,26,31). The molecule has 0 aliphatic heterocycles. The Morgan fingerprint density at radius 1 is 1.15 bits per heavy atom. The fourth-order valence-corrected chi connectivity index (χ4v) is 5.91. The lowest BCUT2D eigenvalue weighted by molar-refractivity contribution is 0.0696. The summed E-state index contributed by atoms with van der Waals surface area (Å²) in [5.74, 6) is -1.03. The van der Waals surface area contributed by atoms with E-state index < -0.39 is 18.0 Å². The number of carbonyl (C=O) groups excluding carboxylic acids is 2. The molecule has 3 rings (SSSR count). The number of amides is 4. The van der Waals surface area contributed by atoms with E-state index in [9.17, 15) is 19.5 Å². The van der Waals surface area contributed by atoms with Crippen molar-refractivity contribution in [2.24, 2.45) is 5.73 Å². The number of thioether (sulfide) groups is 1. The second kappa shape index (κ2) is 11.7. The van der Waals surface area contributed by atoms with Crippen LogP contribution in [-0.4, -0.2) is 58.7 Å². The quantitative estimate of drug-likeness (QED) is 0.311. The molecule has 1 aromatic heterocycles. The highest BCUT2D eigenvalue weighted by Gasteiger charge is 2.30. The van der Waals surface area contributed by atoms with Gasteiger partial charge in [0.2, 0.25) is 0 Å². The van der Waals surface area contributed by atoms with Crippen molar-refractivity contribution < 1.29 is 19.5 Å². The Labute approximate surface area is 205 Å². The normalized spacial score (nSPS) is 12.6. The zero-order valence-corrected chi connectivity index (χ0v) is 20.5. The van der Waals surface area contributed by atoms with Crippen LogP contribution in [0.2, 0.25) is 0 Å². The number of fused-ring (bicyclic) bond motifs is 1. The van der Waals surface area contributed by atoms with Crippen LogP contribution >= 0.6 is 23.1 Å². The number of aromatic nitrogens is 1. The number of urea groups is 2. The predicted molar refractivity (Wildman–Crippen MR) is 134 cm³/mol. The molecule has 0 fully saturated rings. The fraction of sp³-hybridized carbons (Fsp3) is 0.304. The number of nitrogens with zero attached hydrogens (tertiary/aromatic N) is 2. The summed E-state index contributed by atoms with van der Waals surface area (Å²) < 4.78 is 1.81. The van der Waals surface area contributed by atoms with E-state index in [2.05, 4.69) is 10.6 Å². The third-order valence-corrected chi connectivity index (χ3v) is 7.61. The summed E-state index contributed by atoms with van der Waals surface area (Å²) in [6, 6.07) is 12.7. The van der Waals surface area contributed by atoms with Gasteiger partial charge in [-0.3, -0.25) is 0 Å². The molecule has 0 saturated carbocycles. The maximum absolute atomic E-state index is 12.5. The minimum absolute atomic E-state index is 0.157. The van der Waals surface area contributed by atoms with Gasteiger partial charge in [0.25, 0.3) is 0 Å². The molecule has 4 amide bonds. The number of likely N-dealkylation sites (N-methyl/N-ethyl adjacent to an activating group) is 1. The van der Waals surface area contributed by atoms with E-state index in [0.29, 0.717) is 13.1 Å². The first-order valence-corrected chi connectivity index (χ1v) is 12.5. The van der Waals surface area contributed by atoms with Gasteiger partial charge in [-0.05, 0) is 43.7 Å². The Morgan fingerprint density at radius 3 is 2.44 bits per heavy atom. The first-order chi connectivity index (χ1) is 16.3. The van der Waals surface area contributed by atoms with Gasteiger partial charge in [0.15, 0.2) is 4.34 Å². The molecule has 2 atom stereocenters. The smallest absolute Gasteiger partial charge is 0.335 e. The Balaban J connectivity index is 2.00. The highest BCUT2D eigenvalue weighted by atomic mass is 32.2. The minimum atomic E-state index is -1.03. The van der Waals surface area contributed by atoms with Crippen LogP contribution in [0.25, 0.3) is 10.2 Å². The molecule has 1 heterocycles. The maximum Gasteiger partial charge on any atom is 0.335 e. The lowest BCUT2D eigenvalue weighted by Crippen LogP contribution is -2.51. The van der Waals surface area contributed by atoms with Gasteiger partial charge >= 0.3 is 18.0 Å². The molecule has 0 aliphatic carbocycles. The molecule has 0 radical (unpaired) electrons. The highest BCUT2D eigenvalue weighted by Crippen LogP contribution is 2.41. The Hall–Kier alpha value is -3.31. The van der Waals surface area contributed by atoms with E-state index in [1.807, 2.05) is 38.1 Å². The number of para-hydroxylation sites is 1. The summed E-state index contributed by atoms with van der Waals surface area (Å²) in [7, 11) is 0. The van der Waals surface area contributed by atoms with Crippen LogP contribution in [0.1, 0.15) is 35.0 Å². The van der Waals surface area contributed by atoms with Crippen molar-refractivity contribution in [3.63, 3.8) is 0 Å². The van der Waals surface area contributed by atoms with Crippen molar-refractivity contribution in [2.75, 3.05) is 19.6 Å². The molecule has 9 nitrogen and oxygen atoms in total. The topological polar surface area (TPSA) is 138 Å². The van der Waals surface area contributed by atoms with Crippen LogP contribution in [-0.2, 0) is 0 Å². The van der Waals surface area contributed by atoms with Crippen LogP contribution in [0.3, 0.4) is 0 Å². The predicted octanol–water partition coefficient (Wildman–Crippen LogP) is 3.92. The number of benzene rings is 2. The molecular weight excluding hydrogens is 474 g/mol. The van der Waals surface area contributed by atoms with Crippen molar-refractivity contribution in [1.29, 1.82) is 0 Å². The van der Waals surface area contributed by atoms with Gasteiger partial charge in [-0.15, -0.1) is 11.3 Å². The number of nitrogens with two attached hydrogens (primary N) is 1. The monoisotopic (exact) mass is 501 g/mol. The molecule has 2 unspecified atom stereocenters. The fourth-order valence-electron chi connectivity index (χ4n) is 3.46. The van der Waals surface area contributed by atoms with Crippen molar-refractivity contribution in [3.05, 3.63) is 59.7 Å². The molecule has 0 spiro atoms. The number of carboxylic acid groups (broad SMARTS) is 1. The average molecular weight is 502 g/mol. The number of primary amides is 1. The van der Waals surface area contributed by atoms with Crippen molar-refractivity contribution in [2.45, 2.75) is 29.5 Å². The molecule has 34 heavy (non-hydrogen) atoms. The van der Waals surface area contributed by atoms with Crippen LogP contribution in [0.5, 0.6) is 0 Å². The molecule has 0 aliphatic rings. The molecule has 2 aromatic carbocycles. The summed E-state index contributed by atoms with van der Waals surface area (Å²) in [5.41, 5.74) is 7.31. The SMILES string of the molecule is CCNC(=O)N(CC)CC(NC(N)=O)C(Sc1nc2ccccc2s1)c1ccc(C(=O)O)cc1. The zero-order chi connectivity index (χ0) is 24.7. The minimum Gasteiger partial charge on any atom is -0.478 e. The molecular formula is C23H27N5O4S2. The number of hydrogen-bond donors (Lipinski definition) is 4. The Kier molecular flexibility index (Phi) is 8.72. The lowest BCUT2D eigenvalue weighted by Gasteiger charge is -2.32. The van der Waals surface area contributed by atoms with E-state index >= 15 is 0 Å². The molecule has 3 aromatic rings. The number of rotatable bonds is 10. The van der Waals surface area contributed by atoms with Gasteiger partial charge in [-0.1, -0.05) is 36.0 Å². The Morgan fingerprint density at radius 2 is 1.85 bits per heavy atom. The number of carboxylic acids is 1. The van der Waals surface area contributed by atoms with E-state index in [4.69, 9.17) is 10.7 Å². The number of aromatic carboxylic acids is 1. The molecule has 5 N–H and O–H groups in total.